The highest BCUT2D eigenvalue weighted by molar-refractivity contribution is 5.71. The van der Waals surface area contributed by atoms with Crippen LogP contribution in [0.1, 0.15) is 316 Å². The smallest absolute Gasteiger partial charge is 0.306 e. The Morgan fingerprint density at radius 3 is 0.656 bits per heavy atom. The first-order chi connectivity index (χ1) is 30.0. The highest BCUT2D eigenvalue weighted by Crippen LogP contribution is 2.17. The zero-order chi connectivity index (χ0) is 44.4. The monoisotopic (exact) mass is 863 g/mol. The summed E-state index contributed by atoms with van der Waals surface area (Å²) in [5.74, 6) is -0.836. The number of hydrogen-bond acceptors (Lipinski definition) is 6. The van der Waals surface area contributed by atoms with E-state index in [9.17, 15) is 14.4 Å². The lowest BCUT2D eigenvalue weighted by Crippen LogP contribution is -2.30. The van der Waals surface area contributed by atoms with Gasteiger partial charge in [-0.1, -0.05) is 278 Å². The highest BCUT2D eigenvalue weighted by Gasteiger charge is 2.19. The summed E-state index contributed by atoms with van der Waals surface area (Å²) >= 11 is 0. The van der Waals surface area contributed by atoms with Crippen LogP contribution in [0, 0.1) is 0 Å². The van der Waals surface area contributed by atoms with Crippen molar-refractivity contribution in [3.05, 3.63) is 0 Å². The van der Waals surface area contributed by atoms with Crippen molar-refractivity contribution in [2.24, 2.45) is 0 Å². The third-order valence-electron chi connectivity index (χ3n) is 12.6. The Morgan fingerprint density at radius 2 is 0.443 bits per heavy atom. The minimum absolute atomic E-state index is 0.0614. The summed E-state index contributed by atoms with van der Waals surface area (Å²) in [7, 11) is 0. The molecule has 0 aliphatic carbocycles. The number of unbranched alkanes of at least 4 members (excludes halogenated alkanes) is 40. The molecule has 0 rings (SSSR count). The summed E-state index contributed by atoms with van der Waals surface area (Å²) in [6.07, 6.45) is 55.1. The van der Waals surface area contributed by atoms with Crippen molar-refractivity contribution in [1.29, 1.82) is 0 Å². The summed E-state index contributed by atoms with van der Waals surface area (Å²) in [5, 5.41) is 0. The van der Waals surface area contributed by atoms with Gasteiger partial charge >= 0.3 is 17.9 Å². The molecule has 0 aromatic carbocycles. The van der Waals surface area contributed by atoms with Crippen molar-refractivity contribution < 1.29 is 28.6 Å². The molecule has 0 saturated carbocycles. The van der Waals surface area contributed by atoms with Gasteiger partial charge in [-0.15, -0.1) is 0 Å². The summed E-state index contributed by atoms with van der Waals surface area (Å²) < 4.78 is 16.8. The van der Waals surface area contributed by atoms with Gasteiger partial charge < -0.3 is 14.2 Å². The van der Waals surface area contributed by atoms with Crippen LogP contribution in [0.15, 0.2) is 0 Å². The first-order valence-corrected chi connectivity index (χ1v) is 27.5. The molecule has 0 saturated heterocycles. The van der Waals surface area contributed by atoms with Gasteiger partial charge in [0.15, 0.2) is 6.10 Å². The molecule has 0 fully saturated rings. The van der Waals surface area contributed by atoms with Crippen LogP contribution in [0.2, 0.25) is 0 Å². The van der Waals surface area contributed by atoms with E-state index < -0.39 is 6.10 Å². The van der Waals surface area contributed by atoms with Gasteiger partial charge in [0.25, 0.3) is 0 Å². The SMILES string of the molecule is CCCCCCCCCCCCCCCCCCCC(=O)O[C@@H](COC(=O)CCCCCCCCCCCCCC)COC(=O)CCCCCCCCCCCCCCCC. The maximum absolute atomic E-state index is 12.8. The average molecular weight is 863 g/mol. The molecule has 61 heavy (non-hydrogen) atoms. The fourth-order valence-corrected chi connectivity index (χ4v) is 8.45. The number of hydrogen-bond donors (Lipinski definition) is 0. The molecule has 362 valence electrons. The number of carbonyl (C=O) groups is 3. The number of ether oxygens (including phenoxy) is 3. The van der Waals surface area contributed by atoms with Crippen LogP contribution in [-0.2, 0) is 28.6 Å². The number of carbonyl (C=O) groups excluding carboxylic acids is 3. The van der Waals surface area contributed by atoms with Crippen molar-refractivity contribution in [2.75, 3.05) is 13.2 Å². The predicted octanol–water partition coefficient (Wildman–Crippen LogP) is 18.0. The van der Waals surface area contributed by atoms with E-state index in [1.165, 1.54) is 218 Å². The van der Waals surface area contributed by atoms with Gasteiger partial charge in [0.2, 0.25) is 0 Å². The van der Waals surface area contributed by atoms with Gasteiger partial charge in [0.1, 0.15) is 13.2 Å². The molecule has 0 aliphatic rings. The molecule has 0 radical (unpaired) electrons. The predicted molar refractivity (Wildman–Crippen MR) is 261 cm³/mol. The standard InChI is InChI=1S/C55H106O6/c1-4-7-10-13-16-19-22-25-27-28-29-31-34-37-40-43-46-49-55(58)61-52(50-59-53(56)47-44-41-38-35-32-24-21-18-15-12-9-6-3)51-60-54(57)48-45-42-39-36-33-30-26-23-20-17-14-11-8-5-2/h52H,4-51H2,1-3H3/t52-/m0/s1. The Labute approximate surface area is 380 Å². The number of rotatable bonds is 51. The summed E-state index contributed by atoms with van der Waals surface area (Å²) in [6, 6.07) is 0. The zero-order valence-corrected chi connectivity index (χ0v) is 41.5. The van der Waals surface area contributed by atoms with Gasteiger partial charge in [0, 0.05) is 19.3 Å². The quantitative estimate of drug-likeness (QED) is 0.0344. The molecule has 6 nitrogen and oxygen atoms in total. The van der Waals surface area contributed by atoms with Gasteiger partial charge in [-0.25, -0.2) is 0 Å². The van der Waals surface area contributed by atoms with Crippen LogP contribution in [0.4, 0.5) is 0 Å². The first kappa shape index (κ1) is 59.4. The summed E-state index contributed by atoms with van der Waals surface area (Å²) in [4.78, 5) is 38.0. The minimum Gasteiger partial charge on any atom is -0.462 e. The molecule has 0 aromatic heterocycles. The third kappa shape index (κ3) is 49.3. The zero-order valence-electron chi connectivity index (χ0n) is 41.5. The molecular weight excluding hydrogens is 757 g/mol. The van der Waals surface area contributed by atoms with Crippen LogP contribution in [0.25, 0.3) is 0 Å². The second-order valence-electron chi connectivity index (χ2n) is 18.9. The van der Waals surface area contributed by atoms with Crippen LogP contribution < -0.4 is 0 Å². The minimum atomic E-state index is -0.760. The second-order valence-corrected chi connectivity index (χ2v) is 18.9. The summed E-state index contributed by atoms with van der Waals surface area (Å²) in [5.41, 5.74) is 0. The van der Waals surface area contributed by atoms with Crippen LogP contribution in [-0.4, -0.2) is 37.2 Å². The lowest BCUT2D eigenvalue weighted by Gasteiger charge is -2.18. The van der Waals surface area contributed by atoms with Crippen molar-refractivity contribution >= 4 is 17.9 Å². The maximum Gasteiger partial charge on any atom is 0.306 e. The normalized spacial score (nSPS) is 11.9. The number of esters is 3. The van der Waals surface area contributed by atoms with E-state index in [0.717, 1.165) is 57.8 Å². The van der Waals surface area contributed by atoms with Crippen molar-refractivity contribution in [2.45, 2.75) is 322 Å². The molecule has 0 aromatic rings. The van der Waals surface area contributed by atoms with Crippen LogP contribution in [0.3, 0.4) is 0 Å². The fourth-order valence-electron chi connectivity index (χ4n) is 8.45. The van der Waals surface area contributed by atoms with Crippen LogP contribution in [0.5, 0.6) is 0 Å². The highest BCUT2D eigenvalue weighted by atomic mass is 16.6. The van der Waals surface area contributed by atoms with Gasteiger partial charge in [-0.3, -0.25) is 14.4 Å². The third-order valence-corrected chi connectivity index (χ3v) is 12.6. The van der Waals surface area contributed by atoms with Gasteiger partial charge in [-0.2, -0.15) is 0 Å². The van der Waals surface area contributed by atoms with E-state index >= 15 is 0 Å². The Morgan fingerprint density at radius 1 is 0.262 bits per heavy atom. The molecule has 6 heteroatoms. The maximum atomic E-state index is 12.8. The van der Waals surface area contributed by atoms with Gasteiger partial charge in [0.05, 0.1) is 0 Å². The fraction of sp³-hybridized carbons (Fsp3) is 0.945. The lowest BCUT2D eigenvalue weighted by molar-refractivity contribution is -0.167. The molecule has 0 amide bonds. The van der Waals surface area contributed by atoms with Crippen molar-refractivity contribution in [1.82, 2.24) is 0 Å². The Bertz CT molecular complexity index is 905. The van der Waals surface area contributed by atoms with Crippen molar-refractivity contribution in [3.63, 3.8) is 0 Å². The molecular formula is C55H106O6. The van der Waals surface area contributed by atoms with Crippen molar-refractivity contribution in [3.8, 4) is 0 Å². The first-order valence-electron chi connectivity index (χ1n) is 27.5. The molecule has 0 heterocycles. The largest absolute Gasteiger partial charge is 0.462 e. The molecule has 0 aliphatic heterocycles. The molecule has 0 bridgehead atoms. The van der Waals surface area contributed by atoms with E-state index in [1.807, 2.05) is 0 Å². The van der Waals surface area contributed by atoms with E-state index in [1.54, 1.807) is 0 Å². The van der Waals surface area contributed by atoms with Gasteiger partial charge in [-0.05, 0) is 19.3 Å². The van der Waals surface area contributed by atoms with Crippen LogP contribution >= 0.6 is 0 Å². The Kier molecular flexibility index (Phi) is 49.7. The van der Waals surface area contributed by atoms with E-state index in [-0.39, 0.29) is 31.1 Å². The molecule has 0 unspecified atom stereocenters. The lowest BCUT2D eigenvalue weighted by atomic mass is 10.0. The summed E-state index contributed by atoms with van der Waals surface area (Å²) in [6.45, 7) is 6.69. The average Bonchev–Trinajstić information content (AvgIpc) is 3.26. The molecule has 0 N–H and O–H groups in total. The Hall–Kier alpha value is -1.59. The molecule has 1 atom stereocenters. The van der Waals surface area contributed by atoms with E-state index in [4.69, 9.17) is 14.2 Å². The molecule has 0 spiro atoms. The van der Waals surface area contributed by atoms with E-state index in [0.29, 0.717) is 19.3 Å². The topological polar surface area (TPSA) is 78.9 Å². The second kappa shape index (κ2) is 51.0. The Balaban J connectivity index is 4.29. The van der Waals surface area contributed by atoms with E-state index in [2.05, 4.69) is 20.8 Å².